The highest BCUT2D eigenvalue weighted by Crippen LogP contribution is 2.44. The molecule has 1 atom stereocenters. The number of rotatable bonds is 6. The van der Waals surface area contributed by atoms with Crippen molar-refractivity contribution in [2.75, 3.05) is 7.11 Å². The number of hydrogen-bond acceptors (Lipinski definition) is 6. The minimum Gasteiger partial charge on any atom is -0.497 e. The first-order valence-corrected chi connectivity index (χ1v) is 11.6. The molecule has 0 saturated carbocycles. The second-order valence-corrected chi connectivity index (χ2v) is 10.5. The second kappa shape index (κ2) is 9.13. The van der Waals surface area contributed by atoms with Crippen LogP contribution in [-0.4, -0.2) is 30.8 Å². The van der Waals surface area contributed by atoms with Gasteiger partial charge in [0.2, 0.25) is 13.9 Å². The van der Waals surface area contributed by atoms with Crippen molar-refractivity contribution in [2.24, 2.45) is 0 Å². The first-order chi connectivity index (χ1) is 14.3. The molecular weight excluding hydrogens is 446 g/mol. The largest absolute Gasteiger partial charge is 0.497 e. The van der Waals surface area contributed by atoms with Gasteiger partial charge in [0.25, 0.3) is 11.1 Å². The van der Waals surface area contributed by atoms with E-state index in [1.807, 2.05) is 6.07 Å². The summed E-state index contributed by atoms with van der Waals surface area (Å²) in [5, 5.41) is 1.95. The summed E-state index contributed by atoms with van der Waals surface area (Å²) in [6.45, 7) is 0. The number of amides is 2. The standard InChI is InChI=1S/C21H18ClNO5S2/c1-28-16-10-12-17(13-11-16)30(26,27)21(19(24)23-20(25)29-21)14-6-2-3-7-15-8-4-5-9-18(15)22/h4-5,8-13H,2,6,14H2,1H3,(H,23,24,25). The molecule has 1 aliphatic heterocycles. The zero-order valence-electron chi connectivity index (χ0n) is 16.0. The van der Waals surface area contributed by atoms with Gasteiger partial charge < -0.3 is 4.74 Å². The molecule has 0 aromatic heterocycles. The van der Waals surface area contributed by atoms with E-state index in [9.17, 15) is 18.0 Å². The molecule has 0 aliphatic carbocycles. The SMILES string of the molecule is COc1ccc(S(=O)(=O)C2(CCCC#Cc3ccccc3Cl)SC(=O)NC2=O)cc1. The number of nitrogens with one attached hydrogen (secondary N) is 1. The molecule has 0 spiro atoms. The van der Waals surface area contributed by atoms with Crippen LogP contribution in [0.2, 0.25) is 5.02 Å². The lowest BCUT2D eigenvalue weighted by atomic mass is 10.1. The average Bonchev–Trinajstić information content (AvgIpc) is 3.03. The van der Waals surface area contributed by atoms with Gasteiger partial charge in [-0.25, -0.2) is 8.42 Å². The fourth-order valence-electron chi connectivity index (χ4n) is 2.96. The van der Waals surface area contributed by atoms with Crippen LogP contribution in [0, 0.1) is 11.8 Å². The predicted octanol–water partition coefficient (Wildman–Crippen LogP) is 4.02. The van der Waals surface area contributed by atoms with Crippen molar-refractivity contribution in [3.8, 4) is 17.6 Å². The monoisotopic (exact) mass is 463 g/mol. The van der Waals surface area contributed by atoms with Gasteiger partial charge in [0.15, 0.2) is 0 Å². The van der Waals surface area contributed by atoms with Crippen molar-refractivity contribution in [2.45, 2.75) is 28.2 Å². The van der Waals surface area contributed by atoms with Crippen molar-refractivity contribution < 1.29 is 22.7 Å². The number of benzene rings is 2. The molecule has 0 bridgehead atoms. The van der Waals surface area contributed by atoms with Crippen molar-refractivity contribution in [1.82, 2.24) is 5.32 Å². The molecule has 2 aromatic carbocycles. The fourth-order valence-corrected chi connectivity index (χ4v) is 6.51. The van der Waals surface area contributed by atoms with Crippen LogP contribution in [0.25, 0.3) is 0 Å². The van der Waals surface area contributed by atoms with E-state index in [0.717, 1.165) is 0 Å². The molecule has 0 radical (unpaired) electrons. The van der Waals surface area contributed by atoms with E-state index < -0.39 is 25.1 Å². The Hall–Kier alpha value is -2.47. The van der Waals surface area contributed by atoms with Gasteiger partial charge in [0.05, 0.1) is 17.0 Å². The van der Waals surface area contributed by atoms with E-state index in [0.29, 0.717) is 40.9 Å². The van der Waals surface area contributed by atoms with Crippen molar-refractivity contribution in [3.63, 3.8) is 0 Å². The quantitative estimate of drug-likeness (QED) is 0.514. The Kier molecular flexibility index (Phi) is 6.76. The van der Waals surface area contributed by atoms with Crippen molar-refractivity contribution in [1.29, 1.82) is 0 Å². The Morgan fingerprint density at radius 2 is 1.83 bits per heavy atom. The van der Waals surface area contributed by atoms with Gasteiger partial charge in [-0.3, -0.25) is 14.9 Å². The van der Waals surface area contributed by atoms with Gasteiger partial charge in [-0.1, -0.05) is 35.6 Å². The molecule has 1 saturated heterocycles. The van der Waals surface area contributed by atoms with Crippen molar-refractivity contribution in [3.05, 3.63) is 59.1 Å². The van der Waals surface area contributed by atoms with E-state index in [4.69, 9.17) is 16.3 Å². The van der Waals surface area contributed by atoms with Gasteiger partial charge >= 0.3 is 0 Å². The Balaban J connectivity index is 1.82. The van der Waals surface area contributed by atoms with Gasteiger partial charge in [-0.2, -0.15) is 0 Å². The number of thioether (sulfide) groups is 1. The lowest BCUT2D eigenvalue weighted by Gasteiger charge is -2.24. The highest BCUT2D eigenvalue weighted by molar-refractivity contribution is 8.25. The molecule has 1 fully saturated rings. The summed E-state index contributed by atoms with van der Waals surface area (Å²) < 4.78 is 29.8. The van der Waals surface area contributed by atoms with E-state index in [1.54, 1.807) is 18.2 Å². The van der Waals surface area contributed by atoms with E-state index in [2.05, 4.69) is 17.2 Å². The Morgan fingerprint density at radius 1 is 1.13 bits per heavy atom. The number of carbonyl (C=O) groups is 2. The van der Waals surface area contributed by atoms with Gasteiger partial charge in [-0.05, 0) is 61.0 Å². The van der Waals surface area contributed by atoms with E-state index in [-0.39, 0.29) is 11.3 Å². The zero-order chi connectivity index (χ0) is 21.8. The van der Waals surface area contributed by atoms with Crippen LogP contribution < -0.4 is 10.1 Å². The third-order valence-electron chi connectivity index (χ3n) is 4.53. The molecule has 2 aromatic rings. The molecule has 30 heavy (non-hydrogen) atoms. The zero-order valence-corrected chi connectivity index (χ0v) is 18.4. The Morgan fingerprint density at radius 3 is 2.43 bits per heavy atom. The maximum atomic E-state index is 13.3. The second-order valence-electron chi connectivity index (χ2n) is 6.41. The first kappa shape index (κ1) is 22.2. The highest BCUT2D eigenvalue weighted by Gasteiger charge is 2.57. The van der Waals surface area contributed by atoms with Crippen LogP contribution in [0.5, 0.6) is 5.75 Å². The average molecular weight is 464 g/mol. The summed E-state index contributed by atoms with van der Waals surface area (Å²) in [6, 6.07) is 12.8. The van der Waals surface area contributed by atoms with Gasteiger partial charge in [0.1, 0.15) is 5.75 Å². The van der Waals surface area contributed by atoms with Crippen LogP contribution in [-0.2, 0) is 14.6 Å². The fraction of sp³-hybridized carbons (Fsp3) is 0.238. The summed E-state index contributed by atoms with van der Waals surface area (Å²) in [4.78, 5) is 24.4. The molecule has 1 unspecified atom stereocenters. The third-order valence-corrected chi connectivity index (χ3v) is 8.92. The van der Waals surface area contributed by atoms with Crippen molar-refractivity contribution >= 4 is 44.3 Å². The molecule has 6 nitrogen and oxygen atoms in total. The lowest BCUT2D eigenvalue weighted by Crippen LogP contribution is -2.43. The van der Waals surface area contributed by atoms with Crippen LogP contribution in [0.3, 0.4) is 0 Å². The summed E-state index contributed by atoms with van der Waals surface area (Å²) in [5.74, 6) is 5.54. The molecule has 1 heterocycles. The molecule has 1 N–H and O–H groups in total. The maximum absolute atomic E-state index is 13.3. The van der Waals surface area contributed by atoms with Crippen LogP contribution in [0.1, 0.15) is 24.8 Å². The Bertz CT molecular complexity index is 1140. The molecule has 3 rings (SSSR count). The normalized spacial score (nSPS) is 18.5. The van der Waals surface area contributed by atoms with Gasteiger partial charge in [-0.15, -0.1) is 0 Å². The summed E-state index contributed by atoms with van der Waals surface area (Å²) in [7, 11) is -2.68. The Labute approximate surface area is 184 Å². The molecule has 156 valence electrons. The minimum atomic E-state index is -4.15. The number of halogens is 1. The summed E-state index contributed by atoms with van der Waals surface area (Å²) in [5.41, 5.74) is 0.669. The van der Waals surface area contributed by atoms with Crippen LogP contribution >= 0.6 is 23.4 Å². The maximum Gasteiger partial charge on any atom is 0.287 e. The summed E-state index contributed by atoms with van der Waals surface area (Å²) >= 11 is 6.56. The minimum absolute atomic E-state index is 0.0530. The highest BCUT2D eigenvalue weighted by atomic mass is 35.5. The number of hydrogen-bond donors (Lipinski definition) is 1. The van der Waals surface area contributed by atoms with E-state index >= 15 is 0 Å². The predicted molar refractivity (Wildman–Crippen MR) is 116 cm³/mol. The molecule has 9 heteroatoms. The number of methoxy groups -OCH3 is 1. The summed E-state index contributed by atoms with van der Waals surface area (Å²) in [6.07, 6.45) is 0.592. The number of ether oxygens (including phenoxy) is 1. The first-order valence-electron chi connectivity index (χ1n) is 8.97. The molecule has 1 aliphatic rings. The van der Waals surface area contributed by atoms with Gasteiger partial charge in [0, 0.05) is 12.0 Å². The molecule has 2 amide bonds. The lowest BCUT2D eigenvalue weighted by molar-refractivity contribution is -0.120. The number of sulfone groups is 1. The van der Waals surface area contributed by atoms with Crippen LogP contribution in [0.4, 0.5) is 4.79 Å². The topological polar surface area (TPSA) is 89.5 Å². The third kappa shape index (κ3) is 4.33. The number of imide groups is 1. The van der Waals surface area contributed by atoms with E-state index in [1.165, 1.54) is 31.4 Å². The smallest absolute Gasteiger partial charge is 0.287 e. The van der Waals surface area contributed by atoms with Crippen LogP contribution in [0.15, 0.2) is 53.4 Å². The number of unbranched alkanes of at least 4 members (excludes halogenated alkanes) is 1. The number of carbonyl (C=O) groups excluding carboxylic acids is 2. The molecular formula is C21H18ClNO5S2.